The molecule has 0 aromatic heterocycles. The molecule has 2 rings (SSSR count). The maximum absolute atomic E-state index is 14.5. The van der Waals surface area contributed by atoms with Gasteiger partial charge in [0.2, 0.25) is 0 Å². The van der Waals surface area contributed by atoms with Gasteiger partial charge in [-0.15, -0.1) is 0 Å². The summed E-state index contributed by atoms with van der Waals surface area (Å²) >= 11 is 2.58. The Kier molecular flexibility index (Phi) is 10.3. The van der Waals surface area contributed by atoms with Crippen LogP contribution < -0.4 is 15.8 Å². The van der Waals surface area contributed by atoms with Crippen molar-refractivity contribution in [3.05, 3.63) is 46.5 Å². The third-order valence-corrected chi connectivity index (χ3v) is 6.42. The van der Waals surface area contributed by atoms with Crippen LogP contribution in [-0.4, -0.2) is 30.5 Å². The molecular formula is C22H30FN3O2S2. The number of halogens is 1. The summed E-state index contributed by atoms with van der Waals surface area (Å²) in [6, 6.07) is 4.83. The normalized spacial score (nSPS) is 16.0. The highest BCUT2D eigenvalue weighted by molar-refractivity contribution is 8.13. The van der Waals surface area contributed by atoms with Gasteiger partial charge in [0.05, 0.1) is 18.1 Å². The van der Waals surface area contributed by atoms with Gasteiger partial charge in [-0.3, -0.25) is 9.79 Å². The number of hydrogen-bond donors (Lipinski definition) is 2. The molecule has 5 nitrogen and oxygen atoms in total. The molecular weight excluding hydrogens is 421 g/mol. The molecule has 30 heavy (non-hydrogen) atoms. The van der Waals surface area contributed by atoms with E-state index in [4.69, 9.17) is 10.5 Å². The first-order valence-electron chi connectivity index (χ1n) is 9.99. The number of benzene rings is 1. The monoisotopic (exact) mass is 451 g/mol. The predicted octanol–water partition coefficient (Wildman–Crippen LogP) is 5.55. The molecule has 0 spiro atoms. The molecule has 1 aromatic rings. The highest BCUT2D eigenvalue weighted by Crippen LogP contribution is 2.27. The van der Waals surface area contributed by atoms with Crippen molar-refractivity contribution in [1.82, 2.24) is 0 Å². The van der Waals surface area contributed by atoms with Gasteiger partial charge < -0.3 is 15.8 Å². The third kappa shape index (κ3) is 7.72. The molecule has 0 heterocycles. The van der Waals surface area contributed by atoms with E-state index in [1.54, 1.807) is 24.5 Å². The molecule has 1 fully saturated rings. The number of thioether (sulfide) groups is 2. The van der Waals surface area contributed by atoms with Gasteiger partial charge >= 0.3 is 0 Å². The lowest BCUT2D eigenvalue weighted by molar-refractivity contribution is -0.113. The fourth-order valence-corrected chi connectivity index (χ4v) is 4.21. The summed E-state index contributed by atoms with van der Waals surface area (Å²) < 4.78 is 20.2. The van der Waals surface area contributed by atoms with E-state index in [1.165, 1.54) is 48.9 Å². The van der Waals surface area contributed by atoms with Crippen molar-refractivity contribution in [3.8, 4) is 5.75 Å². The van der Waals surface area contributed by atoms with Crippen LogP contribution in [0.3, 0.4) is 0 Å². The van der Waals surface area contributed by atoms with E-state index in [2.05, 4.69) is 16.9 Å². The maximum atomic E-state index is 14.5. The largest absolute Gasteiger partial charge is 0.490 e. The molecule has 1 aromatic carbocycles. The first-order chi connectivity index (χ1) is 14.4. The molecule has 0 unspecified atom stereocenters. The van der Waals surface area contributed by atoms with Crippen molar-refractivity contribution in [2.24, 2.45) is 16.6 Å². The average molecular weight is 452 g/mol. The molecule has 0 bridgehead atoms. The van der Waals surface area contributed by atoms with E-state index in [9.17, 15) is 9.18 Å². The number of rotatable bonds is 9. The number of nitrogens with one attached hydrogen (secondary N) is 1. The summed E-state index contributed by atoms with van der Waals surface area (Å²) in [6.07, 6.45) is 7.94. The van der Waals surface area contributed by atoms with Crippen LogP contribution in [0.2, 0.25) is 0 Å². The Morgan fingerprint density at radius 1 is 1.40 bits per heavy atom. The number of anilines is 1. The number of carbonyl (C=O) groups is 1. The van der Waals surface area contributed by atoms with Crippen LogP contribution in [0.5, 0.6) is 5.75 Å². The molecule has 8 heteroatoms. The van der Waals surface area contributed by atoms with Crippen LogP contribution in [0, 0.1) is 11.7 Å². The van der Waals surface area contributed by atoms with Crippen LogP contribution in [0.25, 0.3) is 0 Å². The van der Waals surface area contributed by atoms with E-state index in [1.807, 2.05) is 6.26 Å². The van der Waals surface area contributed by atoms with Crippen LogP contribution in [0.1, 0.15) is 39.0 Å². The molecule has 1 aliphatic rings. The number of amidine groups is 1. The van der Waals surface area contributed by atoms with Gasteiger partial charge in [0.25, 0.3) is 5.91 Å². The Morgan fingerprint density at radius 2 is 2.13 bits per heavy atom. The van der Waals surface area contributed by atoms with E-state index >= 15 is 0 Å². The minimum absolute atomic E-state index is 0.278. The topological polar surface area (TPSA) is 76.7 Å². The summed E-state index contributed by atoms with van der Waals surface area (Å²) in [4.78, 5) is 16.4. The van der Waals surface area contributed by atoms with Crippen molar-refractivity contribution in [1.29, 1.82) is 0 Å². The molecule has 1 amide bonds. The SMILES string of the molecule is C=CS/C(C(N)=O)=C(\C)CN=C(Nc1ccc(OCC2CCCCC2)c(F)c1)SC. The van der Waals surface area contributed by atoms with E-state index in [0.717, 1.165) is 18.4 Å². The minimum atomic E-state index is -0.503. The van der Waals surface area contributed by atoms with Crippen molar-refractivity contribution in [3.63, 3.8) is 0 Å². The quantitative estimate of drug-likeness (QED) is 0.292. The Hall–Kier alpha value is -1.93. The number of amides is 1. The summed E-state index contributed by atoms with van der Waals surface area (Å²) in [5.74, 6) is -0.102. The predicted molar refractivity (Wildman–Crippen MR) is 128 cm³/mol. The second-order valence-corrected chi connectivity index (χ2v) is 8.94. The Morgan fingerprint density at radius 3 is 2.73 bits per heavy atom. The molecule has 1 aliphatic carbocycles. The fraction of sp³-hybridized carbons (Fsp3) is 0.455. The van der Waals surface area contributed by atoms with Gasteiger partial charge in [0.1, 0.15) is 0 Å². The molecule has 3 N–H and O–H groups in total. The van der Waals surface area contributed by atoms with Gasteiger partial charge in [0, 0.05) is 11.8 Å². The zero-order valence-corrected chi connectivity index (χ0v) is 19.2. The lowest BCUT2D eigenvalue weighted by Gasteiger charge is -2.21. The van der Waals surface area contributed by atoms with Crippen LogP contribution in [-0.2, 0) is 4.79 Å². The van der Waals surface area contributed by atoms with Crippen molar-refractivity contribution in [2.45, 2.75) is 39.0 Å². The van der Waals surface area contributed by atoms with Crippen LogP contribution in [0.4, 0.5) is 10.1 Å². The lowest BCUT2D eigenvalue weighted by atomic mass is 9.90. The van der Waals surface area contributed by atoms with Crippen molar-refractivity contribution in [2.75, 3.05) is 24.7 Å². The summed E-state index contributed by atoms with van der Waals surface area (Å²) in [6.45, 7) is 6.28. The second kappa shape index (κ2) is 12.7. The molecule has 0 atom stereocenters. The molecule has 164 valence electrons. The third-order valence-electron chi connectivity index (χ3n) is 4.85. The minimum Gasteiger partial charge on any atom is -0.490 e. The zero-order chi connectivity index (χ0) is 21.9. The number of nitrogens with zero attached hydrogens (tertiary/aromatic N) is 1. The number of primary amides is 1. The van der Waals surface area contributed by atoms with Crippen molar-refractivity contribution < 1.29 is 13.9 Å². The van der Waals surface area contributed by atoms with Gasteiger partial charge in [-0.2, -0.15) is 0 Å². The second-order valence-electron chi connectivity index (χ2n) is 7.17. The number of carbonyl (C=O) groups excluding carboxylic acids is 1. The van der Waals surface area contributed by atoms with E-state index in [-0.39, 0.29) is 5.75 Å². The maximum Gasteiger partial charge on any atom is 0.255 e. The fourth-order valence-electron chi connectivity index (χ4n) is 3.25. The number of nitrogens with two attached hydrogens (primary N) is 1. The lowest BCUT2D eigenvalue weighted by Crippen LogP contribution is -2.16. The molecule has 0 saturated heterocycles. The summed E-state index contributed by atoms with van der Waals surface area (Å²) in [5, 5.41) is 5.28. The average Bonchev–Trinajstić information content (AvgIpc) is 2.74. The first kappa shape index (κ1) is 24.3. The summed E-state index contributed by atoms with van der Waals surface area (Å²) in [7, 11) is 0. The zero-order valence-electron chi connectivity index (χ0n) is 17.6. The van der Waals surface area contributed by atoms with Crippen LogP contribution in [0.15, 0.2) is 45.7 Å². The number of ether oxygens (including phenoxy) is 1. The van der Waals surface area contributed by atoms with Gasteiger partial charge in [-0.25, -0.2) is 4.39 Å². The highest BCUT2D eigenvalue weighted by atomic mass is 32.2. The Balaban J connectivity index is 1.99. The molecule has 0 aliphatic heterocycles. The van der Waals surface area contributed by atoms with Gasteiger partial charge in [0.15, 0.2) is 16.7 Å². The number of hydrogen-bond acceptors (Lipinski definition) is 5. The van der Waals surface area contributed by atoms with Gasteiger partial charge in [-0.1, -0.05) is 49.4 Å². The first-order valence-corrected chi connectivity index (χ1v) is 12.1. The van der Waals surface area contributed by atoms with Crippen molar-refractivity contribution >= 4 is 40.3 Å². The standard InChI is InChI=1S/C22H30FN3O2S2/c1-4-30-20(21(24)27)15(2)13-25-22(29-3)26-17-10-11-19(18(23)12-17)28-14-16-8-6-5-7-9-16/h4,10-12,16H,1,5-9,13-14H2,2-3H3,(H2,24,27)(H,25,26)/b20-15+. The molecule has 0 radical (unpaired) electrons. The van der Waals surface area contributed by atoms with Gasteiger partial charge in [-0.05, 0) is 55.1 Å². The smallest absolute Gasteiger partial charge is 0.255 e. The number of aliphatic imine (C=N–C) groups is 1. The van der Waals surface area contributed by atoms with E-state index < -0.39 is 11.7 Å². The van der Waals surface area contributed by atoms with Crippen LogP contribution >= 0.6 is 23.5 Å². The summed E-state index contributed by atoms with van der Waals surface area (Å²) in [5.41, 5.74) is 6.74. The Bertz CT molecular complexity index is 806. The highest BCUT2D eigenvalue weighted by Gasteiger charge is 2.15. The molecule has 1 saturated carbocycles. The Labute approximate surface area is 186 Å². The van der Waals surface area contributed by atoms with E-state index in [0.29, 0.717) is 34.8 Å².